The van der Waals surface area contributed by atoms with Gasteiger partial charge >= 0.3 is 0 Å². The second-order valence-electron chi connectivity index (χ2n) is 4.03. The fourth-order valence-electron chi connectivity index (χ4n) is 1.86. The molecule has 1 atom stereocenters. The van der Waals surface area contributed by atoms with E-state index in [1.165, 1.54) is 6.42 Å². The molecule has 0 aromatic carbocycles. The Bertz CT molecular complexity index is 362. The Kier molecular flexibility index (Phi) is 5.82. The number of furan rings is 1. The Hall–Kier alpha value is -0.710. The molecule has 1 amide bonds. The predicted octanol–water partition coefficient (Wildman–Crippen LogP) is 2.08. The van der Waals surface area contributed by atoms with Crippen molar-refractivity contribution in [3.05, 3.63) is 23.1 Å². The lowest BCUT2D eigenvalue weighted by Crippen LogP contribution is -2.38. The van der Waals surface area contributed by atoms with Gasteiger partial charge in [-0.25, -0.2) is 0 Å². The summed E-state index contributed by atoms with van der Waals surface area (Å²) in [4.78, 5) is 11.6. The Morgan fingerprint density at radius 2 is 2.41 bits per heavy atom. The van der Waals surface area contributed by atoms with E-state index in [4.69, 9.17) is 16.0 Å². The van der Waals surface area contributed by atoms with Crippen LogP contribution in [0, 0.1) is 5.92 Å². The van der Waals surface area contributed by atoms with Crippen molar-refractivity contribution in [2.45, 2.75) is 12.8 Å². The van der Waals surface area contributed by atoms with Crippen LogP contribution in [0.4, 0.5) is 0 Å². The number of carbonyl (C=O) groups is 1. The molecule has 1 aliphatic rings. The molecule has 0 bridgehead atoms. The second kappa shape index (κ2) is 6.89. The molecule has 1 aliphatic heterocycles. The number of hydrogen-bond acceptors (Lipinski definition) is 3. The summed E-state index contributed by atoms with van der Waals surface area (Å²) in [5.74, 6) is 0.592. The summed E-state index contributed by atoms with van der Waals surface area (Å²) >= 11 is 5.60. The molecule has 0 saturated carbocycles. The first kappa shape index (κ1) is 14.4. The summed E-state index contributed by atoms with van der Waals surface area (Å²) in [6.45, 7) is 2.74. The zero-order chi connectivity index (χ0) is 11.4. The molecule has 6 heteroatoms. The van der Waals surface area contributed by atoms with E-state index in [0.717, 1.165) is 19.5 Å². The van der Waals surface area contributed by atoms with Crippen LogP contribution in [0.15, 0.2) is 16.5 Å². The van der Waals surface area contributed by atoms with E-state index in [0.29, 0.717) is 12.5 Å². The number of rotatable bonds is 3. The molecule has 1 aromatic rings. The maximum atomic E-state index is 11.6. The van der Waals surface area contributed by atoms with Crippen LogP contribution in [0.25, 0.3) is 0 Å². The lowest BCUT2D eigenvalue weighted by Gasteiger charge is -2.22. The first-order chi connectivity index (χ1) is 7.75. The van der Waals surface area contributed by atoms with E-state index in [1.54, 1.807) is 12.1 Å². The van der Waals surface area contributed by atoms with Crippen molar-refractivity contribution in [2.75, 3.05) is 19.6 Å². The normalized spacial score (nSPS) is 19.5. The summed E-state index contributed by atoms with van der Waals surface area (Å²) in [6, 6.07) is 3.15. The third kappa shape index (κ3) is 4.22. The standard InChI is InChI=1S/C11H15ClN2O2.ClH/c12-10-4-3-9(16-10)11(15)14-7-8-2-1-5-13-6-8;/h3-4,8,13H,1-2,5-7H2,(H,14,15);1H. The average Bonchev–Trinajstić information content (AvgIpc) is 2.74. The van der Waals surface area contributed by atoms with Crippen molar-refractivity contribution in [1.29, 1.82) is 0 Å². The highest BCUT2D eigenvalue weighted by atomic mass is 35.5. The van der Waals surface area contributed by atoms with Crippen molar-refractivity contribution < 1.29 is 9.21 Å². The molecule has 1 unspecified atom stereocenters. The predicted molar refractivity (Wildman–Crippen MR) is 68.9 cm³/mol. The van der Waals surface area contributed by atoms with Crippen molar-refractivity contribution in [3.63, 3.8) is 0 Å². The maximum Gasteiger partial charge on any atom is 0.287 e. The van der Waals surface area contributed by atoms with Gasteiger partial charge in [-0.15, -0.1) is 12.4 Å². The Morgan fingerprint density at radius 1 is 1.59 bits per heavy atom. The summed E-state index contributed by atoms with van der Waals surface area (Å²) < 4.78 is 5.02. The minimum absolute atomic E-state index is 0. The third-order valence-electron chi connectivity index (χ3n) is 2.75. The van der Waals surface area contributed by atoms with Gasteiger partial charge in [0.05, 0.1) is 0 Å². The van der Waals surface area contributed by atoms with E-state index in [9.17, 15) is 4.79 Å². The highest BCUT2D eigenvalue weighted by molar-refractivity contribution is 6.29. The van der Waals surface area contributed by atoms with Crippen molar-refractivity contribution >= 4 is 29.9 Å². The molecule has 2 rings (SSSR count). The average molecular weight is 279 g/mol. The molecule has 1 aromatic heterocycles. The smallest absolute Gasteiger partial charge is 0.287 e. The molecular formula is C11H16Cl2N2O2. The number of nitrogens with one attached hydrogen (secondary N) is 2. The van der Waals surface area contributed by atoms with Gasteiger partial charge in [0.1, 0.15) is 0 Å². The van der Waals surface area contributed by atoms with Gasteiger partial charge in [0.25, 0.3) is 5.91 Å². The van der Waals surface area contributed by atoms with Crippen LogP contribution in [0.5, 0.6) is 0 Å². The summed E-state index contributed by atoms with van der Waals surface area (Å²) in [6.07, 6.45) is 2.33. The SMILES string of the molecule is Cl.O=C(NCC1CCCNC1)c1ccc(Cl)o1. The van der Waals surface area contributed by atoms with Gasteiger partial charge in [-0.05, 0) is 55.6 Å². The third-order valence-corrected chi connectivity index (χ3v) is 2.95. The molecule has 1 saturated heterocycles. The molecular weight excluding hydrogens is 263 g/mol. The van der Waals surface area contributed by atoms with Gasteiger partial charge in [0.15, 0.2) is 11.0 Å². The highest BCUT2D eigenvalue weighted by Crippen LogP contribution is 2.13. The molecule has 0 spiro atoms. The monoisotopic (exact) mass is 278 g/mol. The number of carbonyl (C=O) groups excluding carboxylic acids is 1. The highest BCUT2D eigenvalue weighted by Gasteiger charge is 2.15. The molecule has 2 N–H and O–H groups in total. The van der Waals surface area contributed by atoms with Crippen LogP contribution in [-0.2, 0) is 0 Å². The number of amides is 1. The van der Waals surface area contributed by atoms with Crippen molar-refractivity contribution in [2.24, 2.45) is 5.92 Å². The van der Waals surface area contributed by atoms with Crippen LogP contribution in [-0.4, -0.2) is 25.5 Å². The summed E-state index contributed by atoms with van der Waals surface area (Å²) in [5, 5.41) is 6.40. The van der Waals surface area contributed by atoms with Crippen molar-refractivity contribution in [1.82, 2.24) is 10.6 Å². The number of hydrogen-bond donors (Lipinski definition) is 2. The van der Waals surface area contributed by atoms with E-state index in [2.05, 4.69) is 10.6 Å². The Labute approximate surface area is 111 Å². The number of halogens is 2. The molecule has 1 fully saturated rings. The molecule has 96 valence electrons. The molecule has 0 aliphatic carbocycles. The zero-order valence-corrected chi connectivity index (χ0v) is 10.9. The van der Waals surface area contributed by atoms with Gasteiger partial charge in [-0.1, -0.05) is 0 Å². The first-order valence-corrected chi connectivity index (χ1v) is 5.88. The summed E-state index contributed by atoms with van der Waals surface area (Å²) in [7, 11) is 0. The quantitative estimate of drug-likeness (QED) is 0.890. The lowest BCUT2D eigenvalue weighted by atomic mass is 10.00. The van der Waals surface area contributed by atoms with E-state index in [1.807, 2.05) is 0 Å². The minimum atomic E-state index is -0.197. The van der Waals surface area contributed by atoms with Crippen LogP contribution >= 0.6 is 24.0 Å². The topological polar surface area (TPSA) is 54.3 Å². The minimum Gasteiger partial charge on any atom is -0.440 e. The molecule has 17 heavy (non-hydrogen) atoms. The van der Waals surface area contributed by atoms with Gasteiger partial charge in [0.2, 0.25) is 0 Å². The van der Waals surface area contributed by atoms with Gasteiger partial charge in [0, 0.05) is 6.54 Å². The number of piperidine rings is 1. The van der Waals surface area contributed by atoms with Crippen LogP contribution in [0.3, 0.4) is 0 Å². The fraction of sp³-hybridized carbons (Fsp3) is 0.545. The maximum absolute atomic E-state index is 11.6. The molecule has 4 nitrogen and oxygen atoms in total. The second-order valence-corrected chi connectivity index (χ2v) is 4.40. The Morgan fingerprint density at radius 3 is 3.00 bits per heavy atom. The molecule has 0 radical (unpaired) electrons. The zero-order valence-electron chi connectivity index (χ0n) is 9.37. The van der Waals surface area contributed by atoms with E-state index < -0.39 is 0 Å². The molecule has 2 heterocycles. The van der Waals surface area contributed by atoms with E-state index >= 15 is 0 Å². The largest absolute Gasteiger partial charge is 0.440 e. The van der Waals surface area contributed by atoms with Crippen molar-refractivity contribution in [3.8, 4) is 0 Å². The fourth-order valence-corrected chi connectivity index (χ4v) is 2.00. The summed E-state index contributed by atoms with van der Waals surface area (Å²) in [5.41, 5.74) is 0. The lowest BCUT2D eigenvalue weighted by molar-refractivity contribution is 0.0917. The van der Waals surface area contributed by atoms with Gasteiger partial charge in [-0.2, -0.15) is 0 Å². The van der Waals surface area contributed by atoms with Gasteiger partial charge < -0.3 is 15.1 Å². The Balaban J connectivity index is 0.00000144. The van der Waals surface area contributed by atoms with E-state index in [-0.39, 0.29) is 29.3 Å². The van der Waals surface area contributed by atoms with Gasteiger partial charge in [-0.3, -0.25) is 4.79 Å². The van der Waals surface area contributed by atoms with Crippen LogP contribution in [0.1, 0.15) is 23.4 Å². The van der Waals surface area contributed by atoms with Crippen LogP contribution in [0.2, 0.25) is 5.22 Å². The first-order valence-electron chi connectivity index (χ1n) is 5.50. The van der Waals surface area contributed by atoms with Crippen LogP contribution < -0.4 is 10.6 Å².